The molecule has 0 saturated heterocycles. The Morgan fingerprint density at radius 2 is 1.90 bits per heavy atom. The fourth-order valence-electron chi connectivity index (χ4n) is 1.52. The molecule has 0 aromatic carbocycles. The molecule has 0 bridgehead atoms. The number of ketones is 1. The third-order valence-electron chi connectivity index (χ3n) is 2.84. The van der Waals surface area contributed by atoms with Gasteiger partial charge >= 0.3 is 6.09 Å². The summed E-state index contributed by atoms with van der Waals surface area (Å²) < 4.78 is 5.24. The van der Waals surface area contributed by atoms with Crippen LogP contribution in [0.5, 0.6) is 0 Å². The minimum atomic E-state index is -0.602. The van der Waals surface area contributed by atoms with Gasteiger partial charge in [0.2, 0.25) is 0 Å². The van der Waals surface area contributed by atoms with Crippen molar-refractivity contribution in [2.75, 3.05) is 7.05 Å². The highest BCUT2D eigenvalue weighted by molar-refractivity contribution is 6.00. The fraction of sp³-hybridized carbons (Fsp3) is 0.533. The van der Waals surface area contributed by atoms with E-state index in [4.69, 9.17) is 4.74 Å². The van der Waals surface area contributed by atoms with E-state index >= 15 is 0 Å². The van der Waals surface area contributed by atoms with E-state index in [1.54, 1.807) is 46.9 Å². The number of Topliss-reactive ketones (excluding diaryl/α,β-unsaturated/α-hetero) is 1. The van der Waals surface area contributed by atoms with E-state index in [9.17, 15) is 9.59 Å². The zero-order valence-corrected chi connectivity index (χ0v) is 12.9. The second-order valence-electron chi connectivity index (χ2n) is 5.82. The van der Waals surface area contributed by atoms with E-state index in [2.05, 4.69) is 4.98 Å². The minimum absolute atomic E-state index is 0.161. The van der Waals surface area contributed by atoms with E-state index in [0.29, 0.717) is 5.56 Å². The molecule has 0 radical (unpaired) electrons. The highest BCUT2D eigenvalue weighted by Crippen LogP contribution is 2.13. The van der Waals surface area contributed by atoms with Gasteiger partial charge in [0.25, 0.3) is 0 Å². The summed E-state index contributed by atoms with van der Waals surface area (Å²) in [7, 11) is 1.55. The maximum atomic E-state index is 12.3. The van der Waals surface area contributed by atoms with Crippen LogP contribution in [0.25, 0.3) is 0 Å². The van der Waals surface area contributed by atoms with Gasteiger partial charge in [-0.15, -0.1) is 0 Å². The lowest BCUT2D eigenvalue weighted by atomic mass is 10.1. The van der Waals surface area contributed by atoms with Crippen molar-refractivity contribution in [2.24, 2.45) is 0 Å². The van der Waals surface area contributed by atoms with E-state index < -0.39 is 17.7 Å². The molecule has 0 aliphatic rings. The average molecular weight is 278 g/mol. The van der Waals surface area contributed by atoms with E-state index in [1.165, 1.54) is 11.1 Å². The molecule has 0 spiro atoms. The number of ether oxygens (including phenoxy) is 1. The van der Waals surface area contributed by atoms with Gasteiger partial charge in [0, 0.05) is 24.5 Å². The average Bonchev–Trinajstić information content (AvgIpc) is 2.35. The summed E-state index contributed by atoms with van der Waals surface area (Å²) in [5.41, 5.74) is 0.743. The molecule has 0 aliphatic heterocycles. The molecule has 1 atom stereocenters. The lowest BCUT2D eigenvalue weighted by Gasteiger charge is -2.28. The number of aryl methyl sites for hydroxylation is 1. The summed E-state index contributed by atoms with van der Waals surface area (Å²) in [6, 6.07) is 2.88. The fourth-order valence-corrected chi connectivity index (χ4v) is 1.52. The van der Waals surface area contributed by atoms with Crippen LogP contribution in [0.4, 0.5) is 4.79 Å². The maximum Gasteiger partial charge on any atom is 0.410 e. The Morgan fingerprint density at radius 3 is 2.35 bits per heavy atom. The molecule has 20 heavy (non-hydrogen) atoms. The summed E-state index contributed by atoms with van der Waals surface area (Å²) in [6.07, 6.45) is 1.01. The molecule has 110 valence electrons. The summed E-state index contributed by atoms with van der Waals surface area (Å²) in [5.74, 6) is -0.161. The van der Waals surface area contributed by atoms with E-state index in [1.807, 2.05) is 6.92 Å². The Kier molecular flexibility index (Phi) is 4.87. The summed E-state index contributed by atoms with van der Waals surface area (Å²) in [4.78, 5) is 29.6. The van der Waals surface area contributed by atoms with Crippen molar-refractivity contribution < 1.29 is 14.3 Å². The number of carbonyl (C=O) groups is 2. The Labute approximate surface area is 119 Å². The number of aromatic nitrogens is 1. The van der Waals surface area contributed by atoms with Crippen LogP contribution < -0.4 is 0 Å². The van der Waals surface area contributed by atoms with Crippen LogP contribution in [0.1, 0.15) is 43.7 Å². The van der Waals surface area contributed by atoms with Gasteiger partial charge in [-0.25, -0.2) is 4.79 Å². The molecule has 0 N–H and O–H groups in total. The molecule has 5 nitrogen and oxygen atoms in total. The van der Waals surface area contributed by atoms with Crippen LogP contribution in [0.3, 0.4) is 0 Å². The number of rotatable bonds is 3. The Bertz CT molecular complexity index is 489. The summed E-state index contributed by atoms with van der Waals surface area (Å²) in [5, 5.41) is 0. The normalized spacial score (nSPS) is 12.7. The first-order valence-electron chi connectivity index (χ1n) is 6.54. The van der Waals surface area contributed by atoms with Crippen LogP contribution in [0, 0.1) is 6.92 Å². The molecule has 1 aromatic rings. The van der Waals surface area contributed by atoms with Crippen molar-refractivity contribution in [3.8, 4) is 0 Å². The second kappa shape index (κ2) is 6.03. The molecule has 1 aromatic heterocycles. The molecule has 0 saturated carbocycles. The lowest BCUT2D eigenvalue weighted by Crippen LogP contribution is -2.43. The Morgan fingerprint density at radius 1 is 1.30 bits per heavy atom. The molecule has 1 heterocycles. The molecule has 1 amide bonds. The van der Waals surface area contributed by atoms with Gasteiger partial charge in [0.1, 0.15) is 5.60 Å². The van der Waals surface area contributed by atoms with E-state index in [0.717, 1.165) is 5.69 Å². The number of hydrogen-bond donors (Lipinski definition) is 0. The van der Waals surface area contributed by atoms with Crippen molar-refractivity contribution in [1.29, 1.82) is 0 Å². The molecule has 1 rings (SSSR count). The smallest absolute Gasteiger partial charge is 0.410 e. The number of likely N-dealkylation sites (N-methyl/N-ethyl adjacent to an activating group) is 1. The number of carbonyl (C=O) groups excluding carboxylic acids is 2. The predicted octanol–water partition coefficient (Wildman–Crippen LogP) is 2.83. The van der Waals surface area contributed by atoms with Crippen molar-refractivity contribution >= 4 is 11.9 Å². The van der Waals surface area contributed by atoms with Crippen LogP contribution in [-0.2, 0) is 4.74 Å². The number of hydrogen-bond acceptors (Lipinski definition) is 4. The van der Waals surface area contributed by atoms with Gasteiger partial charge in [0.05, 0.1) is 6.04 Å². The quantitative estimate of drug-likeness (QED) is 0.798. The van der Waals surface area contributed by atoms with Crippen LogP contribution in [0.15, 0.2) is 18.3 Å². The predicted molar refractivity (Wildman–Crippen MR) is 76.8 cm³/mol. The molecular formula is C15H22N2O3. The molecular weight excluding hydrogens is 256 g/mol. The molecule has 1 unspecified atom stereocenters. The van der Waals surface area contributed by atoms with Gasteiger partial charge in [0.15, 0.2) is 5.78 Å². The van der Waals surface area contributed by atoms with Gasteiger partial charge in [-0.2, -0.15) is 0 Å². The zero-order valence-electron chi connectivity index (χ0n) is 12.9. The highest BCUT2D eigenvalue weighted by Gasteiger charge is 2.27. The third-order valence-corrected chi connectivity index (χ3v) is 2.84. The standard InChI is InChI=1S/C15H22N2O3/c1-10-7-8-12(9-16-10)13(18)11(2)17(6)14(19)20-15(3,4)5/h7-9,11H,1-6H3. The first kappa shape index (κ1) is 16.1. The monoisotopic (exact) mass is 278 g/mol. The summed E-state index contributed by atoms with van der Waals surface area (Å²) in [6.45, 7) is 8.88. The number of pyridine rings is 1. The first-order valence-corrected chi connectivity index (χ1v) is 6.54. The largest absolute Gasteiger partial charge is 0.444 e. The second-order valence-corrected chi connectivity index (χ2v) is 5.82. The number of nitrogens with zero attached hydrogens (tertiary/aromatic N) is 2. The van der Waals surface area contributed by atoms with Gasteiger partial charge < -0.3 is 9.64 Å². The van der Waals surface area contributed by atoms with Crippen LogP contribution in [0.2, 0.25) is 0 Å². The van der Waals surface area contributed by atoms with Gasteiger partial charge in [-0.1, -0.05) is 0 Å². The van der Waals surface area contributed by atoms with E-state index in [-0.39, 0.29) is 5.78 Å². The Hall–Kier alpha value is -1.91. The van der Waals surface area contributed by atoms with Crippen molar-refractivity contribution in [3.05, 3.63) is 29.6 Å². The zero-order chi connectivity index (χ0) is 15.5. The molecule has 0 aliphatic carbocycles. The van der Waals surface area contributed by atoms with Crippen LogP contribution in [-0.4, -0.2) is 40.5 Å². The van der Waals surface area contributed by atoms with Crippen LogP contribution >= 0.6 is 0 Å². The third kappa shape index (κ3) is 4.33. The summed E-state index contributed by atoms with van der Waals surface area (Å²) >= 11 is 0. The van der Waals surface area contributed by atoms with Crippen molar-refractivity contribution in [2.45, 2.75) is 46.3 Å². The van der Waals surface area contributed by atoms with Gasteiger partial charge in [-0.05, 0) is 46.8 Å². The minimum Gasteiger partial charge on any atom is -0.444 e. The van der Waals surface area contributed by atoms with Crippen molar-refractivity contribution in [1.82, 2.24) is 9.88 Å². The topological polar surface area (TPSA) is 59.5 Å². The molecule has 5 heteroatoms. The first-order chi connectivity index (χ1) is 9.11. The SMILES string of the molecule is Cc1ccc(C(=O)C(C)N(C)C(=O)OC(C)(C)C)cn1. The molecule has 0 fully saturated rings. The lowest BCUT2D eigenvalue weighted by molar-refractivity contribution is 0.0231. The van der Waals surface area contributed by atoms with Crippen molar-refractivity contribution in [3.63, 3.8) is 0 Å². The number of amides is 1. The highest BCUT2D eigenvalue weighted by atomic mass is 16.6. The Balaban J connectivity index is 2.78. The van der Waals surface area contributed by atoms with Gasteiger partial charge in [-0.3, -0.25) is 9.78 Å². The maximum absolute atomic E-state index is 12.3.